The molecule has 1 aromatic carbocycles. The van der Waals surface area contributed by atoms with Crippen molar-refractivity contribution in [3.05, 3.63) is 57.0 Å². The van der Waals surface area contributed by atoms with Gasteiger partial charge in [0.1, 0.15) is 5.82 Å². The Balaban J connectivity index is 2.23. The summed E-state index contributed by atoms with van der Waals surface area (Å²) in [6, 6.07) is 6.27. The topological polar surface area (TPSA) is 38.0 Å². The molecule has 0 amide bonds. The van der Waals surface area contributed by atoms with E-state index in [4.69, 9.17) is 17.4 Å². The molecular formula is C12H12ClFN2S. The number of nitrogens with two attached hydrogens (primary N) is 1. The largest absolute Gasteiger partial charge is 0.271 e. The molecule has 0 spiro atoms. The molecule has 1 aromatic heterocycles. The van der Waals surface area contributed by atoms with Gasteiger partial charge < -0.3 is 0 Å². The first-order chi connectivity index (χ1) is 8.20. The van der Waals surface area contributed by atoms with E-state index in [-0.39, 0.29) is 11.9 Å². The van der Waals surface area contributed by atoms with Crippen LogP contribution in [0.2, 0.25) is 5.02 Å². The molecular weight excluding hydrogens is 259 g/mol. The van der Waals surface area contributed by atoms with Crippen LogP contribution in [0.25, 0.3) is 0 Å². The van der Waals surface area contributed by atoms with Crippen LogP contribution in [0.15, 0.2) is 35.0 Å². The van der Waals surface area contributed by atoms with Crippen molar-refractivity contribution >= 4 is 22.9 Å². The molecule has 2 nitrogen and oxygen atoms in total. The number of hydrogen-bond acceptors (Lipinski definition) is 3. The van der Waals surface area contributed by atoms with E-state index in [0.29, 0.717) is 5.02 Å². The van der Waals surface area contributed by atoms with Gasteiger partial charge in [0.25, 0.3) is 0 Å². The number of nitrogens with one attached hydrogen (secondary N) is 1. The Morgan fingerprint density at radius 3 is 2.82 bits per heavy atom. The summed E-state index contributed by atoms with van der Waals surface area (Å²) in [5.41, 5.74) is 4.70. The molecule has 0 aliphatic rings. The zero-order chi connectivity index (χ0) is 12.3. The molecule has 1 heterocycles. The van der Waals surface area contributed by atoms with E-state index in [1.165, 1.54) is 17.7 Å². The van der Waals surface area contributed by atoms with Gasteiger partial charge in [-0.3, -0.25) is 11.3 Å². The summed E-state index contributed by atoms with van der Waals surface area (Å²) in [7, 11) is 0. The Hall–Kier alpha value is -0.940. The van der Waals surface area contributed by atoms with Gasteiger partial charge in [-0.15, -0.1) is 0 Å². The van der Waals surface area contributed by atoms with Crippen LogP contribution in [-0.2, 0) is 6.42 Å². The Morgan fingerprint density at radius 1 is 1.41 bits per heavy atom. The molecule has 0 aliphatic carbocycles. The number of rotatable bonds is 4. The van der Waals surface area contributed by atoms with E-state index >= 15 is 0 Å². The van der Waals surface area contributed by atoms with Gasteiger partial charge in [0.2, 0.25) is 0 Å². The van der Waals surface area contributed by atoms with Gasteiger partial charge in [0.05, 0.1) is 6.04 Å². The number of thiophene rings is 1. The van der Waals surface area contributed by atoms with Crippen LogP contribution in [0.5, 0.6) is 0 Å². The highest BCUT2D eigenvalue weighted by Crippen LogP contribution is 2.26. The maximum Gasteiger partial charge on any atom is 0.124 e. The minimum atomic E-state index is -0.343. The van der Waals surface area contributed by atoms with E-state index in [1.807, 2.05) is 11.4 Å². The second kappa shape index (κ2) is 5.60. The average molecular weight is 271 g/mol. The van der Waals surface area contributed by atoms with E-state index < -0.39 is 0 Å². The molecule has 0 bridgehead atoms. The van der Waals surface area contributed by atoms with Crippen molar-refractivity contribution < 1.29 is 4.39 Å². The van der Waals surface area contributed by atoms with E-state index in [1.54, 1.807) is 17.4 Å². The minimum absolute atomic E-state index is 0.113. The van der Waals surface area contributed by atoms with Crippen molar-refractivity contribution in [3.8, 4) is 0 Å². The molecule has 0 aliphatic heterocycles. The maximum absolute atomic E-state index is 13.0. The molecule has 0 saturated heterocycles. The first-order valence-corrected chi connectivity index (χ1v) is 6.45. The smallest absolute Gasteiger partial charge is 0.124 e. The summed E-state index contributed by atoms with van der Waals surface area (Å²) in [5, 5.41) is 4.46. The molecule has 1 atom stereocenters. The number of hydrazine groups is 1. The summed E-state index contributed by atoms with van der Waals surface area (Å²) >= 11 is 7.64. The van der Waals surface area contributed by atoms with Crippen molar-refractivity contribution in [2.75, 3.05) is 0 Å². The van der Waals surface area contributed by atoms with Crippen LogP contribution in [0.4, 0.5) is 4.39 Å². The fourth-order valence-corrected chi connectivity index (χ4v) is 2.67. The summed E-state index contributed by atoms with van der Waals surface area (Å²) in [6.07, 6.45) is 0.728. The highest BCUT2D eigenvalue weighted by Gasteiger charge is 2.14. The summed E-state index contributed by atoms with van der Waals surface area (Å²) < 4.78 is 13.0. The lowest BCUT2D eigenvalue weighted by molar-refractivity contribution is 0.550. The zero-order valence-corrected chi connectivity index (χ0v) is 10.6. The lowest BCUT2D eigenvalue weighted by Crippen LogP contribution is -2.29. The quantitative estimate of drug-likeness (QED) is 0.661. The van der Waals surface area contributed by atoms with E-state index in [2.05, 4.69) is 10.8 Å². The van der Waals surface area contributed by atoms with Crippen LogP contribution in [-0.4, -0.2) is 0 Å². The first-order valence-electron chi connectivity index (χ1n) is 5.13. The van der Waals surface area contributed by atoms with Crippen LogP contribution < -0.4 is 11.3 Å². The van der Waals surface area contributed by atoms with Crippen LogP contribution in [0.3, 0.4) is 0 Å². The monoisotopic (exact) mass is 270 g/mol. The van der Waals surface area contributed by atoms with Crippen LogP contribution in [0, 0.1) is 5.82 Å². The van der Waals surface area contributed by atoms with Gasteiger partial charge in [0, 0.05) is 5.02 Å². The molecule has 90 valence electrons. The minimum Gasteiger partial charge on any atom is -0.271 e. The summed E-state index contributed by atoms with van der Waals surface area (Å²) in [5.74, 6) is 5.19. The van der Waals surface area contributed by atoms with Gasteiger partial charge in [-0.2, -0.15) is 11.3 Å². The fourth-order valence-electron chi connectivity index (χ4n) is 1.69. The highest BCUT2D eigenvalue weighted by atomic mass is 35.5. The predicted molar refractivity (Wildman–Crippen MR) is 69.5 cm³/mol. The van der Waals surface area contributed by atoms with Crippen LogP contribution in [0.1, 0.15) is 17.2 Å². The second-order valence-corrected chi connectivity index (χ2v) is 4.91. The third-order valence-corrected chi connectivity index (χ3v) is 3.62. The van der Waals surface area contributed by atoms with Crippen molar-refractivity contribution in [2.24, 2.45) is 5.84 Å². The van der Waals surface area contributed by atoms with Crippen molar-refractivity contribution in [2.45, 2.75) is 12.5 Å². The molecule has 2 rings (SSSR count). The molecule has 2 aromatic rings. The lowest BCUT2D eigenvalue weighted by Gasteiger charge is -2.17. The van der Waals surface area contributed by atoms with E-state index in [0.717, 1.165) is 12.0 Å². The standard InChI is InChI=1S/C12H12ClFN2S/c13-11-6-9(14)1-2-10(11)12(16-15)5-8-3-4-17-7-8/h1-4,6-7,12,16H,5,15H2. The van der Waals surface area contributed by atoms with Gasteiger partial charge in [-0.1, -0.05) is 17.7 Å². The van der Waals surface area contributed by atoms with Crippen LogP contribution >= 0.6 is 22.9 Å². The predicted octanol–water partition coefficient (Wildman–Crippen LogP) is 3.29. The number of halogens is 2. The number of benzene rings is 1. The summed E-state index contributed by atoms with van der Waals surface area (Å²) in [6.45, 7) is 0. The third-order valence-electron chi connectivity index (χ3n) is 2.56. The Labute approximate surface area is 108 Å². The van der Waals surface area contributed by atoms with Crippen molar-refractivity contribution in [1.82, 2.24) is 5.43 Å². The zero-order valence-electron chi connectivity index (χ0n) is 8.99. The molecule has 0 saturated carbocycles. The van der Waals surface area contributed by atoms with Crippen molar-refractivity contribution in [1.29, 1.82) is 0 Å². The van der Waals surface area contributed by atoms with E-state index in [9.17, 15) is 4.39 Å². The first kappa shape index (κ1) is 12.5. The fraction of sp³-hybridized carbons (Fsp3) is 0.167. The van der Waals surface area contributed by atoms with Gasteiger partial charge in [-0.25, -0.2) is 4.39 Å². The number of hydrogen-bond donors (Lipinski definition) is 2. The third kappa shape index (κ3) is 3.04. The maximum atomic E-state index is 13.0. The van der Waals surface area contributed by atoms with Gasteiger partial charge in [-0.05, 0) is 46.5 Å². The Kier molecular flexibility index (Phi) is 4.12. The summed E-state index contributed by atoms with van der Waals surface area (Å²) in [4.78, 5) is 0. The molecule has 17 heavy (non-hydrogen) atoms. The molecule has 3 N–H and O–H groups in total. The van der Waals surface area contributed by atoms with Gasteiger partial charge >= 0.3 is 0 Å². The average Bonchev–Trinajstić information content (AvgIpc) is 2.79. The molecule has 1 unspecified atom stereocenters. The molecule has 0 fully saturated rings. The molecule has 5 heteroatoms. The molecule has 0 radical (unpaired) electrons. The van der Waals surface area contributed by atoms with Crippen molar-refractivity contribution in [3.63, 3.8) is 0 Å². The van der Waals surface area contributed by atoms with Gasteiger partial charge in [0.15, 0.2) is 0 Å². The lowest BCUT2D eigenvalue weighted by atomic mass is 10.0. The highest BCUT2D eigenvalue weighted by molar-refractivity contribution is 7.07. The Morgan fingerprint density at radius 2 is 2.24 bits per heavy atom. The second-order valence-electron chi connectivity index (χ2n) is 3.72. The Bertz CT molecular complexity index is 487. The normalized spacial score (nSPS) is 12.6. The SMILES string of the molecule is NNC(Cc1ccsc1)c1ccc(F)cc1Cl.